The second-order valence-electron chi connectivity index (χ2n) is 2.81. The maximum absolute atomic E-state index is 11.0. The second kappa shape index (κ2) is 3.18. The molecule has 74 valence electrons. The highest BCUT2D eigenvalue weighted by atomic mass is 32.2. The third-order valence-corrected chi connectivity index (χ3v) is 2.71. The van der Waals surface area contributed by atoms with E-state index in [2.05, 4.69) is 13.5 Å². The lowest BCUT2D eigenvalue weighted by Crippen LogP contribution is -2.09. The Hall–Kier alpha value is -1.21. The first-order valence-corrected chi connectivity index (χ1v) is 6.37. The van der Waals surface area contributed by atoms with Crippen LogP contribution < -0.4 is 4.72 Å². The smallest absolute Gasteiger partial charge is 0.229 e. The van der Waals surface area contributed by atoms with E-state index < -0.39 is 10.0 Å². The Kier molecular flexibility index (Phi) is 2.12. The number of hydrogen-bond donors (Lipinski definition) is 1. The van der Waals surface area contributed by atoms with Crippen molar-refractivity contribution in [2.24, 2.45) is 0 Å². The van der Waals surface area contributed by atoms with Gasteiger partial charge in [0, 0.05) is 0 Å². The number of benzene rings is 1. The Morgan fingerprint density at radius 1 is 1.36 bits per heavy atom. The minimum Gasteiger partial charge on any atom is -0.281 e. The van der Waals surface area contributed by atoms with E-state index in [1.54, 1.807) is 18.2 Å². The molecule has 0 saturated heterocycles. The summed E-state index contributed by atoms with van der Waals surface area (Å²) in [6, 6.07) is 5.17. The summed E-state index contributed by atoms with van der Waals surface area (Å²) in [5.74, 6) is 0. The first kappa shape index (κ1) is 9.35. The average Bonchev–Trinajstić information content (AvgIpc) is 2.49. The number of rotatable bonds is 2. The number of fused-ring (bicyclic) bond motifs is 1. The Morgan fingerprint density at radius 2 is 2.14 bits per heavy atom. The van der Waals surface area contributed by atoms with Crippen LogP contribution in [-0.4, -0.2) is 23.4 Å². The Balaban J connectivity index is 2.57. The van der Waals surface area contributed by atoms with Gasteiger partial charge in [-0.2, -0.15) is 8.75 Å². The van der Waals surface area contributed by atoms with Crippen LogP contribution in [0.5, 0.6) is 0 Å². The molecule has 0 unspecified atom stereocenters. The van der Waals surface area contributed by atoms with E-state index in [-0.39, 0.29) is 0 Å². The molecule has 0 radical (unpaired) electrons. The van der Waals surface area contributed by atoms with E-state index >= 15 is 0 Å². The average molecular weight is 229 g/mol. The minimum atomic E-state index is -3.26. The normalized spacial score (nSPS) is 11.8. The van der Waals surface area contributed by atoms with Gasteiger partial charge in [0.1, 0.15) is 11.0 Å². The zero-order valence-corrected chi connectivity index (χ0v) is 8.89. The van der Waals surface area contributed by atoms with Gasteiger partial charge in [0.15, 0.2) is 0 Å². The molecule has 14 heavy (non-hydrogen) atoms. The Bertz CT molecular complexity index is 561. The highest BCUT2D eigenvalue weighted by molar-refractivity contribution is 7.92. The lowest BCUT2D eigenvalue weighted by molar-refractivity contribution is 0.607. The van der Waals surface area contributed by atoms with E-state index in [1.807, 2.05) is 0 Å². The molecule has 1 aromatic heterocycles. The molecule has 5 nitrogen and oxygen atoms in total. The van der Waals surface area contributed by atoms with Crippen LogP contribution in [0.15, 0.2) is 18.2 Å². The molecule has 2 aromatic rings. The highest BCUT2D eigenvalue weighted by Crippen LogP contribution is 2.21. The van der Waals surface area contributed by atoms with Gasteiger partial charge in [0.05, 0.1) is 23.7 Å². The van der Waals surface area contributed by atoms with Crippen molar-refractivity contribution in [2.45, 2.75) is 0 Å². The van der Waals surface area contributed by atoms with Gasteiger partial charge in [0.2, 0.25) is 10.0 Å². The number of sulfonamides is 1. The summed E-state index contributed by atoms with van der Waals surface area (Å²) in [5.41, 5.74) is 1.75. The summed E-state index contributed by atoms with van der Waals surface area (Å²) in [6.07, 6.45) is 1.10. The van der Waals surface area contributed by atoms with E-state index in [0.29, 0.717) is 16.7 Å². The zero-order chi connectivity index (χ0) is 10.2. The molecule has 0 aliphatic heterocycles. The van der Waals surface area contributed by atoms with Crippen molar-refractivity contribution in [1.29, 1.82) is 0 Å². The van der Waals surface area contributed by atoms with Crippen molar-refractivity contribution in [3.63, 3.8) is 0 Å². The molecule has 1 N–H and O–H groups in total. The number of nitrogens with one attached hydrogen (secondary N) is 1. The summed E-state index contributed by atoms with van der Waals surface area (Å²) in [7, 11) is -3.26. The van der Waals surface area contributed by atoms with Gasteiger partial charge in [-0.1, -0.05) is 6.07 Å². The van der Waals surface area contributed by atoms with E-state index in [9.17, 15) is 8.42 Å². The van der Waals surface area contributed by atoms with Gasteiger partial charge in [-0.3, -0.25) is 4.72 Å². The predicted molar refractivity (Wildman–Crippen MR) is 55.9 cm³/mol. The summed E-state index contributed by atoms with van der Waals surface area (Å²) in [6.45, 7) is 0. The molecular weight excluding hydrogens is 222 g/mol. The molecule has 7 heteroatoms. The second-order valence-corrected chi connectivity index (χ2v) is 5.09. The molecule has 0 aliphatic rings. The van der Waals surface area contributed by atoms with Crippen LogP contribution in [0.2, 0.25) is 0 Å². The van der Waals surface area contributed by atoms with Crippen LogP contribution >= 0.6 is 11.7 Å². The fraction of sp³-hybridized carbons (Fsp3) is 0.143. The third-order valence-electron chi connectivity index (χ3n) is 1.58. The highest BCUT2D eigenvalue weighted by Gasteiger charge is 2.08. The number of nitrogens with zero attached hydrogens (tertiary/aromatic N) is 2. The van der Waals surface area contributed by atoms with E-state index in [4.69, 9.17) is 0 Å². The minimum absolute atomic E-state index is 0.471. The van der Waals surface area contributed by atoms with Crippen molar-refractivity contribution in [1.82, 2.24) is 8.75 Å². The molecule has 0 amide bonds. The van der Waals surface area contributed by atoms with Crippen LogP contribution in [0, 0.1) is 0 Å². The van der Waals surface area contributed by atoms with Crippen LogP contribution in [0.4, 0.5) is 5.69 Å². The van der Waals surface area contributed by atoms with E-state index in [0.717, 1.165) is 18.0 Å². The largest absolute Gasteiger partial charge is 0.281 e. The maximum atomic E-state index is 11.0. The molecule has 0 saturated carbocycles. The van der Waals surface area contributed by atoms with Crippen molar-refractivity contribution < 1.29 is 8.42 Å². The lowest BCUT2D eigenvalue weighted by atomic mass is 10.3. The number of aromatic nitrogens is 2. The summed E-state index contributed by atoms with van der Waals surface area (Å²) < 4.78 is 32.4. The standard InChI is InChI=1S/C7H7N3O2S2/c1-14(11,12)10-6-4-2-3-5-7(6)9-13-8-5/h2-4,10H,1H3. The summed E-state index contributed by atoms with van der Waals surface area (Å²) in [5, 5.41) is 0. The molecule has 1 aromatic carbocycles. The predicted octanol–water partition coefficient (Wildman–Crippen LogP) is 1.06. The molecule has 0 spiro atoms. The van der Waals surface area contributed by atoms with Crippen molar-refractivity contribution >= 4 is 38.5 Å². The van der Waals surface area contributed by atoms with Crippen LogP contribution in [0.3, 0.4) is 0 Å². The van der Waals surface area contributed by atoms with Gasteiger partial charge in [-0.05, 0) is 12.1 Å². The lowest BCUT2D eigenvalue weighted by Gasteiger charge is -2.02. The van der Waals surface area contributed by atoms with Crippen molar-refractivity contribution in [3.05, 3.63) is 18.2 Å². The number of anilines is 1. The quantitative estimate of drug-likeness (QED) is 0.835. The van der Waals surface area contributed by atoms with Crippen LogP contribution in [0.25, 0.3) is 11.0 Å². The van der Waals surface area contributed by atoms with Crippen molar-refractivity contribution in [2.75, 3.05) is 11.0 Å². The van der Waals surface area contributed by atoms with Gasteiger partial charge >= 0.3 is 0 Å². The summed E-state index contributed by atoms with van der Waals surface area (Å²) >= 11 is 1.06. The van der Waals surface area contributed by atoms with Gasteiger partial charge in [-0.15, -0.1) is 0 Å². The van der Waals surface area contributed by atoms with Gasteiger partial charge < -0.3 is 0 Å². The molecule has 0 fully saturated rings. The SMILES string of the molecule is CS(=O)(=O)Nc1cccc2nsnc12. The summed E-state index contributed by atoms with van der Waals surface area (Å²) in [4.78, 5) is 0. The topological polar surface area (TPSA) is 72.0 Å². The molecule has 2 rings (SSSR count). The molecule has 0 aliphatic carbocycles. The monoisotopic (exact) mass is 229 g/mol. The molecule has 0 atom stereocenters. The maximum Gasteiger partial charge on any atom is 0.229 e. The molecule has 1 heterocycles. The van der Waals surface area contributed by atoms with Crippen LogP contribution in [0.1, 0.15) is 0 Å². The molecular formula is C7H7N3O2S2. The fourth-order valence-electron chi connectivity index (χ4n) is 1.09. The van der Waals surface area contributed by atoms with Gasteiger partial charge in [0.25, 0.3) is 0 Å². The van der Waals surface area contributed by atoms with E-state index in [1.165, 1.54) is 0 Å². The first-order valence-electron chi connectivity index (χ1n) is 3.75. The zero-order valence-electron chi connectivity index (χ0n) is 7.26. The van der Waals surface area contributed by atoms with Crippen molar-refractivity contribution in [3.8, 4) is 0 Å². The fourth-order valence-corrected chi connectivity index (χ4v) is 2.20. The third kappa shape index (κ3) is 1.83. The Labute approximate surface area is 85.2 Å². The van der Waals surface area contributed by atoms with Crippen LogP contribution in [-0.2, 0) is 10.0 Å². The first-order chi connectivity index (χ1) is 6.56. The Morgan fingerprint density at radius 3 is 2.86 bits per heavy atom. The van der Waals surface area contributed by atoms with Gasteiger partial charge in [-0.25, -0.2) is 8.42 Å². The molecule has 0 bridgehead atoms. The number of hydrogen-bond acceptors (Lipinski definition) is 5.